The molecule has 0 saturated carbocycles. The molecule has 0 spiro atoms. The Kier molecular flexibility index (Phi) is 19.1. The summed E-state index contributed by atoms with van der Waals surface area (Å²) in [5.41, 5.74) is 5.17. The number of carbonyl (C=O) groups excluding carboxylic acids is 10. The topological polar surface area (TPSA) is 337 Å². The molecule has 10 amide bonds. The first-order valence-electron chi connectivity index (χ1n) is 18.2. The van der Waals surface area contributed by atoms with Crippen molar-refractivity contribution >= 4 is 65.0 Å². The number of carboxylic acids is 1. The van der Waals surface area contributed by atoms with Gasteiger partial charge in [-0.05, 0) is 59.4 Å². The van der Waals surface area contributed by atoms with Gasteiger partial charge in [0.15, 0.2) is 0 Å². The van der Waals surface area contributed by atoms with Gasteiger partial charge in [-0.25, -0.2) is 0 Å². The molecule has 0 aromatic carbocycles. The Morgan fingerprint density at radius 2 is 1.34 bits per heavy atom. The highest BCUT2D eigenvalue weighted by Crippen LogP contribution is 2.17. The van der Waals surface area contributed by atoms with Crippen LogP contribution in [-0.2, 0) is 52.7 Å². The van der Waals surface area contributed by atoms with Gasteiger partial charge in [0.25, 0.3) is 0 Å². The van der Waals surface area contributed by atoms with Crippen LogP contribution in [0.1, 0.15) is 59.3 Å². The van der Waals surface area contributed by atoms with E-state index in [4.69, 9.17) is 10.8 Å². The summed E-state index contributed by atoms with van der Waals surface area (Å²) in [6, 6.07) is -4.18. The highest BCUT2D eigenvalue weighted by Gasteiger charge is 2.35. The molecule has 2 aliphatic rings. The zero-order chi connectivity index (χ0) is 41.9. The molecule has 4 atom stereocenters. The second-order valence-electron chi connectivity index (χ2n) is 13.4. The summed E-state index contributed by atoms with van der Waals surface area (Å²) in [6.45, 7) is 2.31. The zero-order valence-electron chi connectivity index (χ0n) is 31.7. The molecule has 4 unspecified atom stereocenters. The molecule has 23 nitrogen and oxygen atoms in total. The van der Waals surface area contributed by atoms with Gasteiger partial charge in [-0.2, -0.15) is 0 Å². The molecule has 0 aromatic rings. The van der Waals surface area contributed by atoms with Gasteiger partial charge in [0.05, 0.1) is 38.8 Å². The number of hydrogen-bond acceptors (Lipinski definition) is 12. The Morgan fingerprint density at radius 3 is 1.95 bits per heavy atom. The van der Waals surface area contributed by atoms with E-state index in [1.165, 1.54) is 16.7 Å². The zero-order valence-corrected chi connectivity index (χ0v) is 31.7. The number of likely N-dealkylation sites (tertiary alicyclic amines) is 1. The van der Waals surface area contributed by atoms with Crippen molar-refractivity contribution in [2.24, 2.45) is 5.73 Å². The van der Waals surface area contributed by atoms with Crippen molar-refractivity contribution in [3.63, 3.8) is 0 Å². The lowest BCUT2D eigenvalue weighted by molar-refractivity contribution is -0.143. The van der Waals surface area contributed by atoms with E-state index in [1.54, 1.807) is 13.8 Å². The fourth-order valence-electron chi connectivity index (χ4n) is 5.97. The number of hydrogen-bond donors (Lipinski definition) is 10. The highest BCUT2D eigenvalue weighted by atomic mass is 16.4. The standard InChI is InChI=1S/C33H53N11O12/c1-18(2)44(19(3)30(53)40-15-27(49)43-11-5-7-22(43)33(56)41-17-29(51)52)28(50)16-37-24(46)12-36-25(47)13-38-32(55)21(8-9-23(34)45)42-26(48)14-39-31(54)20-6-4-10-35-20/h18-22,35H,4-17H2,1-3H3,(H2,34,45)(H,36,47)(H,37,46)(H,38,55)(H,39,54)(H,40,53)(H,41,56)(H,42,48)(H,51,52). The van der Waals surface area contributed by atoms with E-state index in [0.717, 1.165) is 6.42 Å². The molecule has 2 saturated heterocycles. The summed E-state index contributed by atoms with van der Waals surface area (Å²) in [5.74, 6) is -8.01. The Balaban J connectivity index is 1.79. The number of primary amides is 1. The number of aliphatic carboxylic acids is 1. The quantitative estimate of drug-likeness (QED) is 0.0489. The van der Waals surface area contributed by atoms with Gasteiger partial charge in [-0.15, -0.1) is 0 Å². The molecular weight excluding hydrogens is 742 g/mol. The molecule has 2 heterocycles. The van der Waals surface area contributed by atoms with Gasteiger partial charge in [0.2, 0.25) is 59.1 Å². The molecule has 0 radical (unpaired) electrons. The molecule has 0 aromatic heterocycles. The minimum absolute atomic E-state index is 0.189. The lowest BCUT2D eigenvalue weighted by atomic mass is 10.1. The van der Waals surface area contributed by atoms with Crippen molar-refractivity contribution in [3.05, 3.63) is 0 Å². The highest BCUT2D eigenvalue weighted by molar-refractivity contribution is 5.95. The molecule has 2 aliphatic heterocycles. The van der Waals surface area contributed by atoms with Crippen molar-refractivity contribution in [1.82, 2.24) is 52.3 Å². The van der Waals surface area contributed by atoms with E-state index in [0.29, 0.717) is 25.8 Å². The van der Waals surface area contributed by atoms with Crippen molar-refractivity contribution < 1.29 is 57.8 Å². The van der Waals surface area contributed by atoms with E-state index < -0.39 is 129 Å². The van der Waals surface area contributed by atoms with Crippen molar-refractivity contribution in [2.75, 3.05) is 52.4 Å². The summed E-state index contributed by atoms with van der Waals surface area (Å²) >= 11 is 0. The molecule has 2 fully saturated rings. The maximum Gasteiger partial charge on any atom is 0.322 e. The van der Waals surface area contributed by atoms with Crippen molar-refractivity contribution in [2.45, 2.75) is 89.5 Å². The predicted molar refractivity (Wildman–Crippen MR) is 193 cm³/mol. The van der Waals surface area contributed by atoms with Crippen molar-refractivity contribution in [3.8, 4) is 0 Å². The lowest BCUT2D eigenvalue weighted by Crippen LogP contribution is -2.55. The number of amides is 10. The summed E-state index contributed by atoms with van der Waals surface area (Å²) in [7, 11) is 0. The average molecular weight is 796 g/mol. The first-order valence-corrected chi connectivity index (χ1v) is 18.2. The summed E-state index contributed by atoms with van der Waals surface area (Å²) in [6.07, 6.45) is 1.81. The third-order valence-corrected chi connectivity index (χ3v) is 8.78. The summed E-state index contributed by atoms with van der Waals surface area (Å²) < 4.78 is 0. The number of carboxylic acid groups (broad SMARTS) is 1. The summed E-state index contributed by atoms with van der Waals surface area (Å²) in [5, 5.41) is 28.2. The molecule has 2 rings (SSSR count). The van der Waals surface area contributed by atoms with Crippen LogP contribution in [0.15, 0.2) is 0 Å². The van der Waals surface area contributed by atoms with Crippen LogP contribution in [0, 0.1) is 0 Å². The second-order valence-corrected chi connectivity index (χ2v) is 13.4. The number of carbonyl (C=O) groups is 11. The molecular formula is C33H53N11O12. The van der Waals surface area contributed by atoms with Crippen LogP contribution >= 0.6 is 0 Å². The molecule has 0 aliphatic carbocycles. The predicted octanol–water partition coefficient (Wildman–Crippen LogP) is -6.11. The first-order chi connectivity index (χ1) is 26.4. The third kappa shape index (κ3) is 15.8. The number of nitrogens with one attached hydrogen (secondary N) is 8. The Bertz CT molecular complexity index is 1500. The fourth-order valence-corrected chi connectivity index (χ4v) is 5.97. The van der Waals surface area contributed by atoms with Crippen LogP contribution < -0.4 is 48.3 Å². The van der Waals surface area contributed by atoms with E-state index in [-0.39, 0.29) is 25.3 Å². The van der Waals surface area contributed by atoms with Crippen molar-refractivity contribution in [1.29, 1.82) is 0 Å². The largest absolute Gasteiger partial charge is 0.480 e. The SMILES string of the molecule is CC(C)N(C(=O)CNC(=O)CNC(=O)CNC(=O)C(CCC(N)=O)NC(=O)CNC(=O)C1CCCN1)C(C)C(=O)NCC(=O)N1CCCC1C(=O)NCC(=O)O. The Labute approximate surface area is 322 Å². The molecule has 312 valence electrons. The van der Waals surface area contributed by atoms with Crippen LogP contribution in [-0.4, -0.2) is 163 Å². The Morgan fingerprint density at radius 1 is 0.732 bits per heavy atom. The van der Waals surface area contributed by atoms with Gasteiger partial charge in [0.1, 0.15) is 24.7 Å². The van der Waals surface area contributed by atoms with Gasteiger partial charge in [-0.3, -0.25) is 52.7 Å². The van der Waals surface area contributed by atoms with Crippen LogP contribution in [0.5, 0.6) is 0 Å². The maximum atomic E-state index is 13.0. The number of nitrogens with two attached hydrogens (primary N) is 1. The molecule has 0 bridgehead atoms. The van der Waals surface area contributed by atoms with Gasteiger partial charge < -0.3 is 63.2 Å². The van der Waals surface area contributed by atoms with Gasteiger partial charge in [-0.1, -0.05) is 0 Å². The van der Waals surface area contributed by atoms with E-state index >= 15 is 0 Å². The monoisotopic (exact) mass is 795 g/mol. The maximum absolute atomic E-state index is 13.0. The number of nitrogens with zero attached hydrogens (tertiary/aromatic N) is 2. The Hall–Kier alpha value is -5.87. The minimum atomic E-state index is -1.27. The van der Waals surface area contributed by atoms with Crippen LogP contribution in [0.2, 0.25) is 0 Å². The fraction of sp³-hybridized carbons (Fsp3) is 0.667. The first kappa shape index (κ1) is 46.3. The number of rotatable bonds is 22. The average Bonchev–Trinajstić information content (AvgIpc) is 3.87. The lowest BCUT2D eigenvalue weighted by Gasteiger charge is -2.32. The minimum Gasteiger partial charge on any atom is -0.480 e. The van der Waals surface area contributed by atoms with Crippen LogP contribution in [0.25, 0.3) is 0 Å². The molecule has 56 heavy (non-hydrogen) atoms. The molecule has 11 N–H and O–H groups in total. The van der Waals surface area contributed by atoms with Gasteiger partial charge in [0, 0.05) is 19.0 Å². The van der Waals surface area contributed by atoms with Crippen LogP contribution in [0.4, 0.5) is 0 Å². The third-order valence-electron chi connectivity index (χ3n) is 8.78. The van der Waals surface area contributed by atoms with Gasteiger partial charge >= 0.3 is 5.97 Å². The summed E-state index contributed by atoms with van der Waals surface area (Å²) in [4.78, 5) is 138. The van der Waals surface area contributed by atoms with E-state index in [2.05, 4.69) is 42.5 Å². The molecule has 23 heteroatoms. The smallest absolute Gasteiger partial charge is 0.322 e. The second kappa shape index (κ2) is 23.1. The van der Waals surface area contributed by atoms with E-state index in [1.807, 2.05) is 0 Å². The normalized spacial score (nSPS) is 17.1. The van der Waals surface area contributed by atoms with E-state index in [9.17, 15) is 52.7 Å². The van der Waals surface area contributed by atoms with Crippen LogP contribution in [0.3, 0.4) is 0 Å².